The van der Waals surface area contributed by atoms with Crippen molar-refractivity contribution in [2.24, 2.45) is 5.92 Å². The molecule has 0 saturated carbocycles. The summed E-state index contributed by atoms with van der Waals surface area (Å²) >= 11 is 0. The van der Waals surface area contributed by atoms with Gasteiger partial charge in [-0.2, -0.15) is 0 Å². The Balaban J connectivity index is 1.51. The van der Waals surface area contributed by atoms with Crippen molar-refractivity contribution in [1.82, 2.24) is 4.90 Å². The molecule has 3 rings (SSSR count). The lowest BCUT2D eigenvalue weighted by atomic mass is 9.95. The summed E-state index contributed by atoms with van der Waals surface area (Å²) in [5, 5.41) is 13.6. The van der Waals surface area contributed by atoms with Gasteiger partial charge in [-0.1, -0.05) is 36.4 Å². The molecule has 0 spiro atoms. The highest BCUT2D eigenvalue weighted by Crippen LogP contribution is 2.22. The average molecular weight is 339 g/mol. The highest BCUT2D eigenvalue weighted by Gasteiger charge is 2.25. The monoisotopic (exact) mass is 339 g/mol. The normalized spacial score (nSPS) is 15.7. The van der Waals surface area contributed by atoms with Crippen LogP contribution in [0.2, 0.25) is 0 Å². The van der Waals surface area contributed by atoms with E-state index in [9.17, 15) is 14.9 Å². The van der Waals surface area contributed by atoms with E-state index in [0.29, 0.717) is 5.69 Å². The van der Waals surface area contributed by atoms with Crippen LogP contribution < -0.4 is 5.32 Å². The van der Waals surface area contributed by atoms with E-state index in [1.54, 1.807) is 12.1 Å². The van der Waals surface area contributed by atoms with Crippen LogP contribution in [0.4, 0.5) is 11.4 Å². The molecule has 130 valence electrons. The SMILES string of the molecule is O=C(Nc1cccc([N+](=O)[O-])c1)C1CCN(Cc2ccccc2)CC1. The van der Waals surface area contributed by atoms with Crippen molar-refractivity contribution in [3.05, 3.63) is 70.3 Å². The highest BCUT2D eigenvalue weighted by molar-refractivity contribution is 5.92. The molecule has 0 radical (unpaired) electrons. The van der Waals surface area contributed by atoms with Gasteiger partial charge in [-0.15, -0.1) is 0 Å². The van der Waals surface area contributed by atoms with E-state index < -0.39 is 4.92 Å². The largest absolute Gasteiger partial charge is 0.326 e. The summed E-state index contributed by atoms with van der Waals surface area (Å²) in [6.07, 6.45) is 1.60. The summed E-state index contributed by atoms with van der Waals surface area (Å²) in [6, 6.07) is 16.4. The number of carbonyl (C=O) groups is 1. The number of benzene rings is 2. The summed E-state index contributed by atoms with van der Waals surface area (Å²) in [5.74, 6) is -0.105. The Kier molecular flexibility index (Phi) is 5.40. The number of likely N-dealkylation sites (tertiary alicyclic amines) is 1. The minimum atomic E-state index is -0.461. The minimum Gasteiger partial charge on any atom is -0.326 e. The number of amides is 1. The average Bonchev–Trinajstić information content (AvgIpc) is 2.63. The number of carbonyl (C=O) groups excluding carboxylic acids is 1. The summed E-state index contributed by atoms with van der Waals surface area (Å²) in [7, 11) is 0. The molecular weight excluding hydrogens is 318 g/mol. The fourth-order valence-electron chi connectivity index (χ4n) is 3.14. The van der Waals surface area contributed by atoms with Crippen LogP contribution in [0.1, 0.15) is 18.4 Å². The molecule has 1 fully saturated rings. The summed E-state index contributed by atoms with van der Waals surface area (Å²) < 4.78 is 0. The van der Waals surface area contributed by atoms with Crippen molar-refractivity contribution >= 4 is 17.3 Å². The Morgan fingerprint density at radius 2 is 1.84 bits per heavy atom. The van der Waals surface area contributed by atoms with Crippen molar-refractivity contribution in [2.45, 2.75) is 19.4 Å². The number of anilines is 1. The fourth-order valence-corrected chi connectivity index (χ4v) is 3.14. The maximum absolute atomic E-state index is 12.4. The quantitative estimate of drug-likeness (QED) is 0.669. The molecule has 1 aliphatic heterocycles. The molecule has 0 unspecified atom stereocenters. The van der Waals surface area contributed by atoms with Crippen LogP contribution in [-0.2, 0) is 11.3 Å². The highest BCUT2D eigenvalue weighted by atomic mass is 16.6. The number of non-ortho nitro benzene ring substituents is 1. The molecule has 1 heterocycles. The van der Waals surface area contributed by atoms with Gasteiger partial charge < -0.3 is 5.32 Å². The van der Waals surface area contributed by atoms with E-state index in [0.717, 1.165) is 32.5 Å². The maximum atomic E-state index is 12.4. The molecule has 2 aromatic carbocycles. The predicted octanol–water partition coefficient (Wildman–Crippen LogP) is 3.45. The van der Waals surface area contributed by atoms with Gasteiger partial charge in [-0.05, 0) is 37.6 Å². The van der Waals surface area contributed by atoms with Gasteiger partial charge in [-0.3, -0.25) is 19.8 Å². The first-order chi connectivity index (χ1) is 12.1. The Labute approximate surface area is 146 Å². The molecule has 2 aromatic rings. The first-order valence-corrected chi connectivity index (χ1v) is 8.43. The van der Waals surface area contributed by atoms with Crippen LogP contribution >= 0.6 is 0 Å². The summed E-state index contributed by atoms with van der Waals surface area (Å²) in [6.45, 7) is 2.66. The van der Waals surface area contributed by atoms with Gasteiger partial charge in [-0.25, -0.2) is 0 Å². The second kappa shape index (κ2) is 7.90. The van der Waals surface area contributed by atoms with E-state index in [-0.39, 0.29) is 17.5 Å². The van der Waals surface area contributed by atoms with E-state index in [1.807, 2.05) is 18.2 Å². The fraction of sp³-hybridized carbons (Fsp3) is 0.316. The zero-order valence-corrected chi connectivity index (χ0v) is 13.9. The number of piperidine rings is 1. The zero-order chi connectivity index (χ0) is 17.6. The lowest BCUT2D eigenvalue weighted by Crippen LogP contribution is -2.37. The van der Waals surface area contributed by atoms with Gasteiger partial charge in [0.2, 0.25) is 5.91 Å². The molecule has 6 heteroatoms. The Bertz CT molecular complexity index is 741. The first kappa shape index (κ1) is 17.1. The number of nitrogens with zero attached hydrogens (tertiary/aromatic N) is 2. The number of hydrogen-bond donors (Lipinski definition) is 1. The van der Waals surface area contributed by atoms with E-state index in [2.05, 4.69) is 22.3 Å². The van der Waals surface area contributed by atoms with Crippen molar-refractivity contribution in [2.75, 3.05) is 18.4 Å². The number of hydrogen-bond acceptors (Lipinski definition) is 4. The van der Waals surface area contributed by atoms with Gasteiger partial charge in [0, 0.05) is 30.3 Å². The second-order valence-electron chi connectivity index (χ2n) is 6.33. The molecule has 0 atom stereocenters. The van der Waals surface area contributed by atoms with Gasteiger partial charge in [0.25, 0.3) is 5.69 Å². The van der Waals surface area contributed by atoms with Gasteiger partial charge in [0.05, 0.1) is 4.92 Å². The minimum absolute atomic E-state index is 0.0181. The third-order valence-electron chi connectivity index (χ3n) is 4.53. The van der Waals surface area contributed by atoms with Crippen molar-refractivity contribution in [3.63, 3.8) is 0 Å². The molecule has 0 aromatic heterocycles. The standard InChI is InChI=1S/C19H21N3O3/c23-19(20-17-7-4-8-18(13-17)22(24)25)16-9-11-21(12-10-16)14-15-5-2-1-3-6-15/h1-8,13,16H,9-12,14H2,(H,20,23). The maximum Gasteiger partial charge on any atom is 0.271 e. The van der Waals surface area contributed by atoms with Crippen molar-refractivity contribution < 1.29 is 9.72 Å². The Morgan fingerprint density at radius 3 is 2.52 bits per heavy atom. The van der Waals surface area contributed by atoms with E-state index in [4.69, 9.17) is 0 Å². The predicted molar refractivity (Wildman–Crippen MR) is 96.2 cm³/mol. The zero-order valence-electron chi connectivity index (χ0n) is 13.9. The van der Waals surface area contributed by atoms with Crippen molar-refractivity contribution in [1.29, 1.82) is 0 Å². The number of nitro groups is 1. The third-order valence-corrected chi connectivity index (χ3v) is 4.53. The molecule has 6 nitrogen and oxygen atoms in total. The lowest BCUT2D eigenvalue weighted by molar-refractivity contribution is -0.384. The van der Waals surface area contributed by atoms with Crippen LogP contribution in [0.15, 0.2) is 54.6 Å². The molecule has 1 amide bonds. The van der Waals surface area contributed by atoms with Crippen molar-refractivity contribution in [3.8, 4) is 0 Å². The molecule has 0 bridgehead atoms. The second-order valence-corrected chi connectivity index (χ2v) is 6.33. The van der Waals surface area contributed by atoms with Crippen LogP contribution in [0.5, 0.6) is 0 Å². The summed E-state index contributed by atoms with van der Waals surface area (Å²) in [4.78, 5) is 25.1. The lowest BCUT2D eigenvalue weighted by Gasteiger charge is -2.31. The molecule has 1 aliphatic rings. The van der Waals surface area contributed by atoms with Gasteiger partial charge in [0.1, 0.15) is 0 Å². The Morgan fingerprint density at radius 1 is 1.12 bits per heavy atom. The molecule has 1 N–H and O–H groups in total. The first-order valence-electron chi connectivity index (χ1n) is 8.43. The van der Waals surface area contributed by atoms with Crippen LogP contribution in [-0.4, -0.2) is 28.8 Å². The van der Waals surface area contributed by atoms with Crippen LogP contribution in [0, 0.1) is 16.0 Å². The number of nitro benzene ring substituents is 1. The van der Waals surface area contributed by atoms with Gasteiger partial charge >= 0.3 is 0 Å². The third kappa shape index (κ3) is 4.64. The Hall–Kier alpha value is -2.73. The van der Waals surface area contributed by atoms with Gasteiger partial charge in [0.15, 0.2) is 0 Å². The van der Waals surface area contributed by atoms with E-state index >= 15 is 0 Å². The number of rotatable bonds is 5. The molecule has 1 saturated heterocycles. The molecular formula is C19H21N3O3. The van der Waals surface area contributed by atoms with Crippen LogP contribution in [0.25, 0.3) is 0 Å². The molecule has 25 heavy (non-hydrogen) atoms. The van der Waals surface area contributed by atoms with Crippen LogP contribution in [0.3, 0.4) is 0 Å². The summed E-state index contributed by atoms with van der Waals surface area (Å²) in [5.41, 5.74) is 1.74. The molecule has 0 aliphatic carbocycles. The van der Waals surface area contributed by atoms with E-state index in [1.165, 1.54) is 17.7 Å². The smallest absolute Gasteiger partial charge is 0.271 e. The number of nitrogens with one attached hydrogen (secondary N) is 1. The topological polar surface area (TPSA) is 75.5 Å².